The Balaban J connectivity index is 3.46. The molecule has 0 fully saturated rings. The number of allylic oxidation sites excluding steroid dienone is 4. The fourth-order valence-electron chi connectivity index (χ4n) is 5.67. The van der Waals surface area contributed by atoms with Crippen molar-refractivity contribution >= 4 is 5.97 Å². The summed E-state index contributed by atoms with van der Waals surface area (Å²) in [5, 5.41) is 9.61. The number of aliphatic carboxylic acids is 1. The van der Waals surface area contributed by atoms with Gasteiger partial charge in [-0.05, 0) is 64.2 Å². The molecule has 0 aromatic heterocycles. The number of hydrogen-bond acceptors (Lipinski definition) is 1. The zero-order valence-electron chi connectivity index (χ0n) is 27.5. The first-order valence-corrected chi connectivity index (χ1v) is 18.2. The lowest BCUT2D eigenvalue weighted by Crippen LogP contribution is -2.13. The predicted octanol–water partition coefficient (Wildman–Crippen LogP) is 13.5. The average molecular weight is 561 g/mol. The number of unbranched alkanes of at least 4 members (excludes halogenated alkanes) is 24. The molecule has 1 unspecified atom stereocenters. The molecule has 0 rings (SSSR count). The van der Waals surface area contributed by atoms with E-state index in [1.165, 1.54) is 167 Å². The summed E-state index contributed by atoms with van der Waals surface area (Å²) in [5.41, 5.74) is 0. The Kier molecular flexibility index (Phi) is 33.3. The summed E-state index contributed by atoms with van der Waals surface area (Å²) in [6, 6.07) is 0. The molecule has 0 amide bonds. The molecule has 0 radical (unpaired) electrons. The first kappa shape index (κ1) is 39.0. The van der Waals surface area contributed by atoms with Gasteiger partial charge in [0.1, 0.15) is 0 Å². The molecular weight excluding hydrogens is 488 g/mol. The molecule has 0 aromatic rings. The van der Waals surface area contributed by atoms with Crippen LogP contribution in [0.4, 0.5) is 0 Å². The Labute approximate surface area is 252 Å². The highest BCUT2D eigenvalue weighted by Gasteiger charge is 2.16. The van der Waals surface area contributed by atoms with Gasteiger partial charge in [-0.25, -0.2) is 0 Å². The van der Waals surface area contributed by atoms with Crippen molar-refractivity contribution in [3.63, 3.8) is 0 Å². The minimum absolute atomic E-state index is 0.119. The average Bonchev–Trinajstić information content (AvgIpc) is 2.95. The monoisotopic (exact) mass is 561 g/mol. The Bertz CT molecular complexity index is 550. The highest BCUT2D eigenvalue weighted by molar-refractivity contribution is 5.69. The first-order valence-electron chi connectivity index (χ1n) is 18.2. The van der Waals surface area contributed by atoms with Crippen LogP contribution in [0.25, 0.3) is 0 Å². The van der Waals surface area contributed by atoms with Crippen LogP contribution in [0.2, 0.25) is 0 Å². The van der Waals surface area contributed by atoms with Gasteiger partial charge in [-0.15, -0.1) is 0 Å². The fraction of sp³-hybridized carbons (Fsp3) is 0.868. The standard InChI is InChI=1S/C38H72O2/c1-3-5-7-9-11-13-15-17-19-20-21-22-24-26-28-30-32-34-36-37(38(39)40)35-33-31-29-27-25-23-18-16-14-12-10-8-6-4-2/h17-19,23,37H,3-16,20-22,24-36H2,1-2H3,(H,39,40). The lowest BCUT2D eigenvalue weighted by molar-refractivity contribution is -0.142. The van der Waals surface area contributed by atoms with Crippen molar-refractivity contribution in [3.8, 4) is 0 Å². The van der Waals surface area contributed by atoms with E-state index in [1.807, 2.05) is 0 Å². The zero-order valence-corrected chi connectivity index (χ0v) is 27.5. The molecule has 0 saturated heterocycles. The molecule has 0 saturated carbocycles. The van der Waals surface area contributed by atoms with Crippen LogP contribution in [0.5, 0.6) is 0 Å². The van der Waals surface area contributed by atoms with Crippen molar-refractivity contribution in [2.75, 3.05) is 0 Å². The molecule has 1 N–H and O–H groups in total. The fourth-order valence-corrected chi connectivity index (χ4v) is 5.67. The quantitative estimate of drug-likeness (QED) is 0.0640. The van der Waals surface area contributed by atoms with E-state index in [0.717, 1.165) is 25.7 Å². The summed E-state index contributed by atoms with van der Waals surface area (Å²) in [7, 11) is 0. The smallest absolute Gasteiger partial charge is 0.306 e. The van der Waals surface area contributed by atoms with Gasteiger partial charge in [-0.1, -0.05) is 167 Å². The zero-order chi connectivity index (χ0) is 29.2. The summed E-state index contributed by atoms with van der Waals surface area (Å²) in [4.78, 5) is 11.7. The molecule has 0 aliphatic heterocycles. The molecule has 1 atom stereocenters. The molecule has 0 bridgehead atoms. The van der Waals surface area contributed by atoms with E-state index in [4.69, 9.17) is 0 Å². The van der Waals surface area contributed by atoms with E-state index in [0.29, 0.717) is 0 Å². The van der Waals surface area contributed by atoms with Crippen LogP contribution in [0, 0.1) is 5.92 Å². The number of carboxylic acids is 1. The minimum atomic E-state index is -0.571. The van der Waals surface area contributed by atoms with Gasteiger partial charge in [0.2, 0.25) is 0 Å². The van der Waals surface area contributed by atoms with Crippen molar-refractivity contribution in [1.29, 1.82) is 0 Å². The first-order chi connectivity index (χ1) is 19.7. The van der Waals surface area contributed by atoms with Crippen molar-refractivity contribution in [3.05, 3.63) is 24.3 Å². The molecule has 0 heterocycles. The lowest BCUT2D eigenvalue weighted by Gasteiger charge is -2.12. The lowest BCUT2D eigenvalue weighted by atomic mass is 9.94. The second-order valence-electron chi connectivity index (χ2n) is 12.5. The Morgan fingerprint density at radius 3 is 0.950 bits per heavy atom. The topological polar surface area (TPSA) is 37.3 Å². The van der Waals surface area contributed by atoms with E-state index < -0.39 is 5.97 Å². The molecule has 0 aliphatic rings. The summed E-state index contributed by atoms with van der Waals surface area (Å²) >= 11 is 0. The molecular formula is C38H72O2. The minimum Gasteiger partial charge on any atom is -0.481 e. The summed E-state index contributed by atoms with van der Waals surface area (Å²) in [5.74, 6) is -0.690. The molecule has 0 spiro atoms. The summed E-state index contributed by atoms with van der Waals surface area (Å²) in [6.45, 7) is 4.55. The maximum atomic E-state index is 11.7. The third-order valence-electron chi connectivity index (χ3n) is 8.48. The maximum Gasteiger partial charge on any atom is 0.306 e. The Morgan fingerprint density at radius 2 is 0.675 bits per heavy atom. The van der Waals surface area contributed by atoms with Gasteiger partial charge in [0, 0.05) is 0 Å². The highest BCUT2D eigenvalue weighted by Crippen LogP contribution is 2.20. The van der Waals surface area contributed by atoms with E-state index in [9.17, 15) is 9.90 Å². The SMILES string of the molecule is CCCCCCCCC=CCCCCCCCCCCC(CCCCCCC=CCCCCCCCC)C(=O)O. The second-order valence-corrected chi connectivity index (χ2v) is 12.5. The molecule has 0 aromatic carbocycles. The van der Waals surface area contributed by atoms with E-state index in [1.54, 1.807) is 0 Å². The van der Waals surface area contributed by atoms with Gasteiger partial charge in [0.05, 0.1) is 5.92 Å². The van der Waals surface area contributed by atoms with Crippen molar-refractivity contribution in [2.45, 2.75) is 206 Å². The van der Waals surface area contributed by atoms with E-state index in [2.05, 4.69) is 38.2 Å². The van der Waals surface area contributed by atoms with Crippen LogP contribution < -0.4 is 0 Å². The Hall–Kier alpha value is -1.05. The number of carboxylic acid groups (broad SMARTS) is 1. The van der Waals surface area contributed by atoms with Crippen molar-refractivity contribution in [1.82, 2.24) is 0 Å². The van der Waals surface area contributed by atoms with Crippen LogP contribution in [0.3, 0.4) is 0 Å². The van der Waals surface area contributed by atoms with Crippen LogP contribution in [-0.2, 0) is 4.79 Å². The Morgan fingerprint density at radius 1 is 0.425 bits per heavy atom. The number of hydrogen-bond donors (Lipinski definition) is 1. The van der Waals surface area contributed by atoms with Gasteiger partial charge < -0.3 is 5.11 Å². The van der Waals surface area contributed by atoms with Gasteiger partial charge in [-0.2, -0.15) is 0 Å². The largest absolute Gasteiger partial charge is 0.481 e. The van der Waals surface area contributed by atoms with Gasteiger partial charge >= 0.3 is 5.97 Å². The van der Waals surface area contributed by atoms with Crippen LogP contribution >= 0.6 is 0 Å². The molecule has 2 nitrogen and oxygen atoms in total. The van der Waals surface area contributed by atoms with Crippen molar-refractivity contribution < 1.29 is 9.90 Å². The maximum absolute atomic E-state index is 11.7. The summed E-state index contributed by atoms with van der Waals surface area (Å²) in [6.07, 6.45) is 47.9. The summed E-state index contributed by atoms with van der Waals surface area (Å²) < 4.78 is 0. The molecule has 236 valence electrons. The van der Waals surface area contributed by atoms with Crippen LogP contribution in [-0.4, -0.2) is 11.1 Å². The number of rotatable bonds is 33. The second kappa shape index (κ2) is 34.2. The highest BCUT2D eigenvalue weighted by atomic mass is 16.4. The number of carbonyl (C=O) groups is 1. The van der Waals surface area contributed by atoms with E-state index in [-0.39, 0.29) is 5.92 Å². The van der Waals surface area contributed by atoms with Crippen molar-refractivity contribution in [2.24, 2.45) is 5.92 Å². The predicted molar refractivity (Wildman–Crippen MR) is 179 cm³/mol. The third-order valence-corrected chi connectivity index (χ3v) is 8.48. The normalized spacial score (nSPS) is 12.7. The van der Waals surface area contributed by atoms with Gasteiger partial charge in [0.15, 0.2) is 0 Å². The molecule has 40 heavy (non-hydrogen) atoms. The molecule has 0 aliphatic carbocycles. The van der Waals surface area contributed by atoms with Crippen LogP contribution in [0.1, 0.15) is 206 Å². The van der Waals surface area contributed by atoms with Gasteiger partial charge in [-0.3, -0.25) is 4.79 Å². The van der Waals surface area contributed by atoms with Gasteiger partial charge in [0.25, 0.3) is 0 Å². The third kappa shape index (κ3) is 31.5. The van der Waals surface area contributed by atoms with Crippen LogP contribution in [0.15, 0.2) is 24.3 Å². The molecule has 2 heteroatoms. The van der Waals surface area contributed by atoms with E-state index >= 15 is 0 Å².